The molecule has 2 rings (SSSR count). The minimum atomic E-state index is -1.21. The lowest BCUT2D eigenvalue weighted by molar-refractivity contribution is 0.0695. The normalized spacial score (nSPS) is 10.5. The van der Waals surface area contributed by atoms with Crippen LogP contribution in [0.3, 0.4) is 0 Å². The average Bonchev–Trinajstić information content (AvgIpc) is 2.18. The van der Waals surface area contributed by atoms with Gasteiger partial charge >= 0.3 is 5.97 Å². The van der Waals surface area contributed by atoms with Crippen LogP contribution in [-0.4, -0.2) is 16.1 Å². The Balaban J connectivity index is 2.88. The minimum absolute atomic E-state index is 0.232. The average molecular weight is 315 g/mol. The Labute approximate surface area is 98.1 Å². The Morgan fingerprint density at radius 1 is 1.40 bits per heavy atom. The second-order valence-corrected chi connectivity index (χ2v) is 4.18. The minimum Gasteiger partial charge on any atom is -0.477 e. The zero-order chi connectivity index (χ0) is 11.0. The van der Waals surface area contributed by atoms with E-state index in [-0.39, 0.29) is 5.56 Å². The maximum atomic E-state index is 11.4. The second kappa shape index (κ2) is 3.65. The SMILES string of the molecule is O=C(O)c1cc2cccc(I)c2[nH]c1=O. The van der Waals surface area contributed by atoms with Gasteiger partial charge in [-0.3, -0.25) is 4.79 Å². The fourth-order valence-electron chi connectivity index (χ4n) is 1.35. The largest absolute Gasteiger partial charge is 0.477 e. The van der Waals surface area contributed by atoms with E-state index in [4.69, 9.17) is 5.11 Å². The summed E-state index contributed by atoms with van der Waals surface area (Å²) in [7, 11) is 0. The number of halogens is 1. The summed E-state index contributed by atoms with van der Waals surface area (Å²) in [6, 6.07) is 6.81. The number of hydrogen-bond acceptors (Lipinski definition) is 2. The number of para-hydroxylation sites is 1. The molecule has 1 aromatic carbocycles. The number of aromatic carboxylic acids is 1. The predicted octanol–water partition coefficient (Wildman–Crippen LogP) is 1.83. The zero-order valence-corrected chi connectivity index (χ0v) is 9.61. The lowest BCUT2D eigenvalue weighted by Gasteiger charge is -2.01. The molecule has 0 spiro atoms. The first-order valence-electron chi connectivity index (χ1n) is 4.14. The predicted molar refractivity (Wildman–Crippen MR) is 64.2 cm³/mol. The van der Waals surface area contributed by atoms with Crippen molar-refractivity contribution in [2.24, 2.45) is 0 Å². The van der Waals surface area contributed by atoms with Crippen LogP contribution in [0.1, 0.15) is 10.4 Å². The maximum absolute atomic E-state index is 11.4. The number of H-pyrrole nitrogens is 1. The van der Waals surface area contributed by atoms with Gasteiger partial charge in [-0.2, -0.15) is 0 Å². The van der Waals surface area contributed by atoms with Gasteiger partial charge in [0, 0.05) is 8.96 Å². The number of carboxylic acid groups (broad SMARTS) is 1. The monoisotopic (exact) mass is 315 g/mol. The molecule has 2 N–H and O–H groups in total. The molecule has 76 valence electrons. The number of carboxylic acids is 1. The number of fused-ring (bicyclic) bond motifs is 1. The van der Waals surface area contributed by atoms with E-state index in [9.17, 15) is 9.59 Å². The van der Waals surface area contributed by atoms with Crippen molar-refractivity contribution in [3.63, 3.8) is 0 Å². The summed E-state index contributed by atoms with van der Waals surface area (Å²) in [5.74, 6) is -1.21. The van der Waals surface area contributed by atoms with Crippen LogP contribution >= 0.6 is 22.6 Å². The van der Waals surface area contributed by atoms with E-state index in [0.717, 1.165) is 8.96 Å². The van der Waals surface area contributed by atoms with Gasteiger partial charge in [0.05, 0.1) is 5.52 Å². The first-order valence-corrected chi connectivity index (χ1v) is 5.22. The van der Waals surface area contributed by atoms with Crippen molar-refractivity contribution < 1.29 is 9.90 Å². The molecule has 0 fully saturated rings. The van der Waals surface area contributed by atoms with E-state index in [1.807, 2.05) is 12.1 Å². The quantitative estimate of drug-likeness (QED) is 0.789. The highest BCUT2D eigenvalue weighted by Crippen LogP contribution is 2.17. The highest BCUT2D eigenvalue weighted by atomic mass is 127. The van der Waals surface area contributed by atoms with E-state index in [0.29, 0.717) is 5.52 Å². The molecule has 0 aliphatic rings. The number of benzene rings is 1. The Morgan fingerprint density at radius 3 is 2.80 bits per heavy atom. The van der Waals surface area contributed by atoms with Crippen LogP contribution in [0.15, 0.2) is 29.1 Å². The van der Waals surface area contributed by atoms with Crippen molar-refractivity contribution in [3.05, 3.63) is 43.8 Å². The Hall–Kier alpha value is -1.37. The number of hydrogen-bond donors (Lipinski definition) is 2. The molecule has 15 heavy (non-hydrogen) atoms. The zero-order valence-electron chi connectivity index (χ0n) is 7.45. The van der Waals surface area contributed by atoms with Gasteiger partial charge in [0.15, 0.2) is 0 Å². The molecule has 0 aliphatic carbocycles. The Morgan fingerprint density at radius 2 is 2.13 bits per heavy atom. The van der Waals surface area contributed by atoms with Gasteiger partial charge < -0.3 is 10.1 Å². The van der Waals surface area contributed by atoms with E-state index >= 15 is 0 Å². The number of nitrogens with one attached hydrogen (secondary N) is 1. The first-order chi connectivity index (χ1) is 7.09. The maximum Gasteiger partial charge on any atom is 0.341 e. The van der Waals surface area contributed by atoms with Gasteiger partial charge in [-0.25, -0.2) is 4.79 Å². The number of pyridine rings is 1. The highest BCUT2D eigenvalue weighted by molar-refractivity contribution is 14.1. The number of rotatable bonds is 1. The fraction of sp³-hybridized carbons (Fsp3) is 0. The molecule has 0 amide bonds. The van der Waals surface area contributed by atoms with Crippen LogP contribution in [0.25, 0.3) is 10.9 Å². The summed E-state index contributed by atoms with van der Waals surface area (Å²) < 4.78 is 0.888. The molecule has 0 saturated heterocycles. The molecule has 0 atom stereocenters. The molecule has 2 aromatic rings. The van der Waals surface area contributed by atoms with Crippen molar-refractivity contribution in [3.8, 4) is 0 Å². The number of aromatic nitrogens is 1. The molecule has 0 bridgehead atoms. The van der Waals surface area contributed by atoms with Crippen LogP contribution in [0.2, 0.25) is 0 Å². The molecular weight excluding hydrogens is 309 g/mol. The van der Waals surface area contributed by atoms with Gasteiger partial charge in [0.2, 0.25) is 0 Å². The van der Waals surface area contributed by atoms with Crippen molar-refractivity contribution >= 4 is 39.5 Å². The Bertz CT molecular complexity index is 603. The van der Waals surface area contributed by atoms with Crippen LogP contribution in [0.4, 0.5) is 0 Å². The van der Waals surface area contributed by atoms with Crippen LogP contribution < -0.4 is 5.56 Å². The molecular formula is C10H6INO3. The summed E-state index contributed by atoms with van der Waals surface area (Å²) in [5, 5.41) is 9.49. The molecule has 0 unspecified atom stereocenters. The molecule has 0 aliphatic heterocycles. The summed E-state index contributed by atoms with van der Waals surface area (Å²) >= 11 is 2.09. The third-order valence-electron chi connectivity index (χ3n) is 2.06. The van der Waals surface area contributed by atoms with Crippen molar-refractivity contribution in [1.29, 1.82) is 0 Å². The third-order valence-corrected chi connectivity index (χ3v) is 2.96. The van der Waals surface area contributed by atoms with Gasteiger partial charge in [-0.1, -0.05) is 12.1 Å². The molecule has 5 heteroatoms. The van der Waals surface area contributed by atoms with Gasteiger partial charge in [0.25, 0.3) is 5.56 Å². The summed E-state index contributed by atoms with van der Waals surface area (Å²) in [6.45, 7) is 0. The van der Waals surface area contributed by atoms with Crippen LogP contribution in [-0.2, 0) is 0 Å². The van der Waals surface area contributed by atoms with Crippen molar-refractivity contribution in [2.45, 2.75) is 0 Å². The van der Waals surface area contributed by atoms with E-state index in [1.165, 1.54) is 6.07 Å². The lowest BCUT2D eigenvalue weighted by atomic mass is 10.1. The molecule has 1 heterocycles. The van der Waals surface area contributed by atoms with Gasteiger partial charge in [-0.15, -0.1) is 0 Å². The lowest BCUT2D eigenvalue weighted by Crippen LogP contribution is -2.17. The van der Waals surface area contributed by atoms with Gasteiger partial charge in [0.1, 0.15) is 5.56 Å². The Kier molecular flexibility index (Phi) is 2.47. The topological polar surface area (TPSA) is 70.2 Å². The summed E-state index contributed by atoms with van der Waals surface area (Å²) in [6.07, 6.45) is 0. The summed E-state index contributed by atoms with van der Waals surface area (Å²) in [5.41, 5.74) is -0.128. The van der Waals surface area contributed by atoms with E-state index in [1.54, 1.807) is 6.07 Å². The standard InChI is InChI=1S/C10H6INO3/c11-7-3-1-2-5-4-6(10(14)15)9(13)12-8(5)7/h1-4H,(H,12,13)(H,14,15). The molecule has 0 radical (unpaired) electrons. The third kappa shape index (κ3) is 1.74. The first kappa shape index (κ1) is 10.2. The molecule has 1 aromatic heterocycles. The fourth-order valence-corrected chi connectivity index (χ4v) is 2.01. The van der Waals surface area contributed by atoms with Crippen molar-refractivity contribution in [1.82, 2.24) is 4.98 Å². The van der Waals surface area contributed by atoms with E-state index < -0.39 is 11.5 Å². The molecule has 0 saturated carbocycles. The van der Waals surface area contributed by atoms with Crippen LogP contribution in [0, 0.1) is 3.57 Å². The van der Waals surface area contributed by atoms with E-state index in [2.05, 4.69) is 27.6 Å². The molecule has 4 nitrogen and oxygen atoms in total. The smallest absolute Gasteiger partial charge is 0.341 e. The second-order valence-electron chi connectivity index (χ2n) is 3.02. The van der Waals surface area contributed by atoms with Crippen LogP contribution in [0.5, 0.6) is 0 Å². The number of carbonyl (C=O) groups is 1. The highest BCUT2D eigenvalue weighted by Gasteiger charge is 2.10. The van der Waals surface area contributed by atoms with Crippen molar-refractivity contribution in [2.75, 3.05) is 0 Å². The number of aromatic amines is 1. The van der Waals surface area contributed by atoms with Gasteiger partial charge in [-0.05, 0) is 34.7 Å². The summed E-state index contributed by atoms with van der Waals surface area (Å²) in [4.78, 5) is 24.7.